The number of ether oxygens (including phenoxy) is 1. The number of aromatic nitrogens is 1. The molecule has 0 saturated heterocycles. The SMILES string of the molecule is CCNC(Cc1cccc(OC)c1)c1cscn1. The van der Waals surface area contributed by atoms with Gasteiger partial charge in [0.1, 0.15) is 5.75 Å². The van der Waals surface area contributed by atoms with Crippen molar-refractivity contribution in [2.24, 2.45) is 0 Å². The van der Waals surface area contributed by atoms with Crippen molar-refractivity contribution < 1.29 is 4.74 Å². The van der Waals surface area contributed by atoms with E-state index >= 15 is 0 Å². The summed E-state index contributed by atoms with van der Waals surface area (Å²) in [6, 6.07) is 8.47. The van der Waals surface area contributed by atoms with Gasteiger partial charge in [0.2, 0.25) is 0 Å². The summed E-state index contributed by atoms with van der Waals surface area (Å²) in [5, 5.41) is 5.58. The van der Waals surface area contributed by atoms with E-state index in [4.69, 9.17) is 4.74 Å². The molecule has 0 aliphatic carbocycles. The maximum Gasteiger partial charge on any atom is 0.119 e. The summed E-state index contributed by atoms with van der Waals surface area (Å²) in [4.78, 5) is 4.40. The van der Waals surface area contributed by atoms with Crippen LogP contribution in [0.1, 0.15) is 24.2 Å². The molecular weight excluding hydrogens is 244 g/mol. The van der Waals surface area contributed by atoms with Crippen LogP contribution in [0.2, 0.25) is 0 Å². The van der Waals surface area contributed by atoms with Crippen molar-refractivity contribution in [2.75, 3.05) is 13.7 Å². The summed E-state index contributed by atoms with van der Waals surface area (Å²) in [5.41, 5.74) is 4.25. The average Bonchev–Trinajstić information content (AvgIpc) is 2.92. The summed E-state index contributed by atoms with van der Waals surface area (Å²) >= 11 is 1.64. The fourth-order valence-electron chi connectivity index (χ4n) is 1.96. The lowest BCUT2D eigenvalue weighted by atomic mass is 10.0. The summed E-state index contributed by atoms with van der Waals surface area (Å²) in [5.74, 6) is 0.904. The van der Waals surface area contributed by atoms with Gasteiger partial charge >= 0.3 is 0 Å². The largest absolute Gasteiger partial charge is 0.497 e. The van der Waals surface area contributed by atoms with Crippen LogP contribution in [0.3, 0.4) is 0 Å². The molecule has 0 saturated carbocycles. The number of hydrogen-bond donors (Lipinski definition) is 1. The molecule has 18 heavy (non-hydrogen) atoms. The maximum absolute atomic E-state index is 5.25. The average molecular weight is 262 g/mol. The molecule has 1 atom stereocenters. The number of benzene rings is 1. The van der Waals surface area contributed by atoms with Gasteiger partial charge in [-0.3, -0.25) is 0 Å². The minimum atomic E-state index is 0.272. The molecule has 1 N–H and O–H groups in total. The molecule has 96 valence electrons. The lowest BCUT2D eigenvalue weighted by Crippen LogP contribution is -2.23. The molecule has 2 rings (SSSR count). The molecule has 0 fully saturated rings. The zero-order valence-corrected chi connectivity index (χ0v) is 11.5. The van der Waals surface area contributed by atoms with Gasteiger partial charge in [-0.2, -0.15) is 0 Å². The quantitative estimate of drug-likeness (QED) is 0.869. The Hall–Kier alpha value is -1.39. The third-order valence-corrected chi connectivity index (χ3v) is 3.44. The molecule has 1 heterocycles. The minimum Gasteiger partial charge on any atom is -0.497 e. The molecule has 4 heteroatoms. The Kier molecular flexibility index (Phi) is 4.73. The third kappa shape index (κ3) is 3.31. The number of rotatable bonds is 6. The Morgan fingerprint density at radius 2 is 2.33 bits per heavy atom. The van der Waals surface area contributed by atoms with E-state index in [0.717, 1.165) is 24.4 Å². The van der Waals surface area contributed by atoms with Crippen LogP contribution in [0.15, 0.2) is 35.2 Å². The molecule has 1 aromatic carbocycles. The molecule has 0 bridgehead atoms. The van der Waals surface area contributed by atoms with Crippen LogP contribution < -0.4 is 10.1 Å². The van der Waals surface area contributed by atoms with E-state index in [-0.39, 0.29) is 6.04 Å². The molecule has 0 amide bonds. The number of nitrogens with one attached hydrogen (secondary N) is 1. The van der Waals surface area contributed by atoms with Crippen molar-refractivity contribution in [1.82, 2.24) is 10.3 Å². The molecule has 1 unspecified atom stereocenters. The molecular formula is C14H18N2OS. The summed E-state index contributed by atoms with van der Waals surface area (Å²) < 4.78 is 5.25. The van der Waals surface area contributed by atoms with Crippen molar-refractivity contribution in [3.8, 4) is 5.75 Å². The number of hydrogen-bond acceptors (Lipinski definition) is 4. The van der Waals surface area contributed by atoms with Crippen molar-refractivity contribution in [3.05, 3.63) is 46.4 Å². The standard InChI is InChI=1S/C14H18N2OS/c1-3-15-13(14-9-18-10-16-14)8-11-5-4-6-12(7-11)17-2/h4-7,9-10,13,15H,3,8H2,1-2H3. The van der Waals surface area contributed by atoms with Crippen molar-refractivity contribution >= 4 is 11.3 Å². The molecule has 0 spiro atoms. The first kappa shape index (κ1) is 13.1. The van der Waals surface area contributed by atoms with Crippen molar-refractivity contribution in [3.63, 3.8) is 0 Å². The maximum atomic E-state index is 5.25. The normalized spacial score (nSPS) is 12.3. The van der Waals surface area contributed by atoms with Crippen LogP contribution in [0.5, 0.6) is 5.75 Å². The highest BCUT2D eigenvalue weighted by atomic mass is 32.1. The zero-order chi connectivity index (χ0) is 12.8. The molecule has 0 aliphatic rings. The van der Waals surface area contributed by atoms with Gasteiger partial charge in [-0.25, -0.2) is 4.98 Å². The zero-order valence-electron chi connectivity index (χ0n) is 10.7. The summed E-state index contributed by atoms with van der Waals surface area (Å²) in [6.45, 7) is 3.05. The second kappa shape index (κ2) is 6.52. The summed E-state index contributed by atoms with van der Waals surface area (Å²) in [6.07, 6.45) is 0.925. The lowest BCUT2D eigenvalue weighted by Gasteiger charge is -2.16. The van der Waals surface area contributed by atoms with Gasteiger partial charge in [0, 0.05) is 5.38 Å². The smallest absolute Gasteiger partial charge is 0.119 e. The van der Waals surface area contributed by atoms with Gasteiger partial charge in [-0.05, 0) is 30.7 Å². The third-order valence-electron chi connectivity index (χ3n) is 2.83. The van der Waals surface area contributed by atoms with Crippen LogP contribution in [0.25, 0.3) is 0 Å². The highest BCUT2D eigenvalue weighted by Crippen LogP contribution is 2.21. The number of likely N-dealkylation sites (N-methyl/N-ethyl adjacent to an activating group) is 1. The van der Waals surface area contributed by atoms with Crippen LogP contribution in [-0.4, -0.2) is 18.6 Å². The Morgan fingerprint density at radius 1 is 1.44 bits per heavy atom. The highest BCUT2D eigenvalue weighted by molar-refractivity contribution is 7.07. The lowest BCUT2D eigenvalue weighted by molar-refractivity contribution is 0.413. The molecule has 0 radical (unpaired) electrons. The van der Waals surface area contributed by atoms with E-state index in [9.17, 15) is 0 Å². The molecule has 2 aromatic rings. The van der Waals surface area contributed by atoms with E-state index in [1.54, 1.807) is 18.4 Å². The van der Waals surface area contributed by atoms with Crippen molar-refractivity contribution in [1.29, 1.82) is 0 Å². The fourth-order valence-corrected chi connectivity index (χ4v) is 2.56. The monoisotopic (exact) mass is 262 g/mol. The first-order chi connectivity index (χ1) is 8.83. The second-order valence-corrected chi connectivity index (χ2v) is 4.80. The Labute approximate surface area is 112 Å². The van der Waals surface area contributed by atoms with E-state index in [1.165, 1.54) is 5.56 Å². The van der Waals surface area contributed by atoms with E-state index in [2.05, 4.69) is 34.7 Å². The molecule has 1 aromatic heterocycles. The Balaban J connectivity index is 2.13. The van der Waals surface area contributed by atoms with Gasteiger partial charge < -0.3 is 10.1 Å². The van der Waals surface area contributed by atoms with Crippen molar-refractivity contribution in [2.45, 2.75) is 19.4 Å². The Bertz CT molecular complexity index is 470. The first-order valence-electron chi connectivity index (χ1n) is 6.08. The summed E-state index contributed by atoms with van der Waals surface area (Å²) in [7, 11) is 1.70. The van der Waals surface area contributed by atoms with E-state index < -0.39 is 0 Å². The predicted molar refractivity (Wildman–Crippen MR) is 75.2 cm³/mol. The second-order valence-electron chi connectivity index (χ2n) is 4.08. The molecule has 0 aliphatic heterocycles. The number of thiazole rings is 1. The highest BCUT2D eigenvalue weighted by Gasteiger charge is 2.13. The van der Waals surface area contributed by atoms with Gasteiger partial charge in [-0.15, -0.1) is 11.3 Å². The number of methoxy groups -OCH3 is 1. The van der Waals surface area contributed by atoms with Gasteiger partial charge in [0.15, 0.2) is 0 Å². The first-order valence-corrected chi connectivity index (χ1v) is 7.02. The predicted octanol–water partition coefficient (Wildman–Crippen LogP) is 3.05. The number of nitrogens with zero attached hydrogens (tertiary/aromatic N) is 1. The van der Waals surface area contributed by atoms with Gasteiger partial charge in [0.05, 0.1) is 24.4 Å². The van der Waals surface area contributed by atoms with Crippen LogP contribution in [0.4, 0.5) is 0 Å². The van der Waals surface area contributed by atoms with Crippen LogP contribution in [-0.2, 0) is 6.42 Å². The van der Waals surface area contributed by atoms with E-state index in [1.807, 2.05) is 17.6 Å². The van der Waals surface area contributed by atoms with Crippen LogP contribution in [0, 0.1) is 0 Å². The molecule has 3 nitrogen and oxygen atoms in total. The van der Waals surface area contributed by atoms with E-state index in [0.29, 0.717) is 0 Å². The fraction of sp³-hybridized carbons (Fsp3) is 0.357. The minimum absolute atomic E-state index is 0.272. The van der Waals surface area contributed by atoms with Crippen LogP contribution >= 0.6 is 11.3 Å². The Morgan fingerprint density at radius 3 is 3.00 bits per heavy atom. The topological polar surface area (TPSA) is 34.1 Å². The van der Waals surface area contributed by atoms with Gasteiger partial charge in [0.25, 0.3) is 0 Å². The van der Waals surface area contributed by atoms with Gasteiger partial charge in [-0.1, -0.05) is 19.1 Å².